The van der Waals surface area contributed by atoms with E-state index in [1.807, 2.05) is 42.2 Å². The summed E-state index contributed by atoms with van der Waals surface area (Å²) in [4.78, 5) is 24.8. The molecule has 0 radical (unpaired) electrons. The van der Waals surface area contributed by atoms with E-state index in [2.05, 4.69) is 20.9 Å². The number of likely N-dealkylation sites (tertiary alicyclic amines) is 1. The van der Waals surface area contributed by atoms with Crippen molar-refractivity contribution in [2.24, 2.45) is 0 Å². The van der Waals surface area contributed by atoms with Crippen LogP contribution in [0, 0.1) is 12.7 Å². The van der Waals surface area contributed by atoms with Gasteiger partial charge in [-0.2, -0.15) is 0 Å². The van der Waals surface area contributed by atoms with Crippen LogP contribution in [0.1, 0.15) is 28.8 Å². The molecule has 6 heteroatoms. The summed E-state index contributed by atoms with van der Waals surface area (Å²) >= 11 is 0. The molecule has 166 valence electrons. The fourth-order valence-electron chi connectivity index (χ4n) is 5.05. The quantitative estimate of drug-likeness (QED) is 0.625. The summed E-state index contributed by atoms with van der Waals surface area (Å²) in [6.45, 7) is 7.38. The Morgan fingerprint density at radius 1 is 1.00 bits per heavy atom. The average molecular weight is 433 g/mol. The van der Waals surface area contributed by atoms with Crippen molar-refractivity contribution in [3.05, 3.63) is 71.7 Å². The van der Waals surface area contributed by atoms with Crippen LogP contribution < -0.4 is 4.90 Å². The van der Waals surface area contributed by atoms with Gasteiger partial charge in [-0.15, -0.1) is 0 Å². The molecule has 1 amide bonds. The fraction of sp³-hybridized carbons (Fsp3) is 0.385. The summed E-state index contributed by atoms with van der Waals surface area (Å²) in [6, 6.07) is 15.1. The number of fused-ring (bicyclic) bond motifs is 1. The molecule has 3 heterocycles. The largest absolute Gasteiger partial charge is 0.369 e. The molecular formula is C26H29FN4O. The van der Waals surface area contributed by atoms with Crippen LogP contribution in [0.3, 0.4) is 0 Å². The summed E-state index contributed by atoms with van der Waals surface area (Å²) < 4.78 is 13.2. The summed E-state index contributed by atoms with van der Waals surface area (Å²) in [5.74, 6) is -0.0888. The minimum Gasteiger partial charge on any atom is -0.369 e. The van der Waals surface area contributed by atoms with E-state index in [9.17, 15) is 9.18 Å². The Morgan fingerprint density at radius 3 is 2.56 bits per heavy atom. The van der Waals surface area contributed by atoms with E-state index in [1.54, 1.807) is 6.20 Å². The van der Waals surface area contributed by atoms with Gasteiger partial charge in [-0.05, 0) is 62.2 Å². The van der Waals surface area contributed by atoms with E-state index in [4.69, 9.17) is 0 Å². The fourth-order valence-corrected chi connectivity index (χ4v) is 5.05. The number of hydrogen-bond acceptors (Lipinski definition) is 4. The van der Waals surface area contributed by atoms with Crippen LogP contribution in [0.4, 0.5) is 10.1 Å². The zero-order valence-electron chi connectivity index (χ0n) is 18.5. The molecule has 2 fully saturated rings. The molecule has 2 aromatic carbocycles. The summed E-state index contributed by atoms with van der Waals surface area (Å²) in [5.41, 5.74) is 3.83. The lowest BCUT2D eigenvalue weighted by Gasteiger charge is -2.44. The smallest absolute Gasteiger partial charge is 0.254 e. The van der Waals surface area contributed by atoms with Gasteiger partial charge in [0.1, 0.15) is 5.82 Å². The standard InChI is InChI=1S/C26H29FN4O/c1-19-4-9-25-24(17-19)23(10-11-28-25)26(32)31-12-2-3-22(18-31)30-15-13-29(14-16-30)21-7-5-20(27)6-8-21/h4-11,17,22H,2-3,12-16,18H2,1H3. The predicted molar refractivity (Wildman–Crippen MR) is 126 cm³/mol. The van der Waals surface area contributed by atoms with Crippen molar-refractivity contribution >= 4 is 22.5 Å². The average Bonchev–Trinajstić information content (AvgIpc) is 2.84. The Morgan fingerprint density at radius 2 is 1.78 bits per heavy atom. The van der Waals surface area contributed by atoms with Gasteiger partial charge in [0.15, 0.2) is 0 Å². The monoisotopic (exact) mass is 432 g/mol. The molecule has 3 aromatic rings. The molecule has 0 spiro atoms. The third kappa shape index (κ3) is 4.19. The molecule has 2 aliphatic rings. The minimum absolute atomic E-state index is 0.109. The molecule has 1 aromatic heterocycles. The minimum atomic E-state index is -0.198. The maximum atomic E-state index is 13.5. The van der Waals surface area contributed by atoms with Crippen molar-refractivity contribution in [1.29, 1.82) is 0 Å². The number of benzene rings is 2. The SMILES string of the molecule is Cc1ccc2nccc(C(=O)N3CCCC(N4CCN(c5ccc(F)cc5)CC4)C3)c2c1. The number of pyridine rings is 1. The van der Waals surface area contributed by atoms with Crippen LogP contribution in [0.5, 0.6) is 0 Å². The molecule has 1 atom stereocenters. The van der Waals surface area contributed by atoms with E-state index in [1.165, 1.54) is 12.1 Å². The van der Waals surface area contributed by atoms with Gasteiger partial charge in [0.2, 0.25) is 0 Å². The third-order valence-electron chi connectivity index (χ3n) is 6.83. The zero-order chi connectivity index (χ0) is 22.1. The lowest BCUT2D eigenvalue weighted by atomic mass is 10.0. The van der Waals surface area contributed by atoms with Crippen molar-refractivity contribution in [2.45, 2.75) is 25.8 Å². The molecule has 0 bridgehead atoms. The van der Waals surface area contributed by atoms with Crippen molar-refractivity contribution in [2.75, 3.05) is 44.2 Å². The number of anilines is 1. The summed E-state index contributed by atoms with van der Waals surface area (Å²) in [7, 11) is 0. The third-order valence-corrected chi connectivity index (χ3v) is 6.83. The first-order valence-corrected chi connectivity index (χ1v) is 11.5. The van der Waals surface area contributed by atoms with Gasteiger partial charge >= 0.3 is 0 Å². The maximum Gasteiger partial charge on any atom is 0.254 e. The molecule has 0 saturated carbocycles. The predicted octanol–water partition coefficient (Wildman–Crippen LogP) is 4.11. The second-order valence-electron chi connectivity index (χ2n) is 8.93. The molecule has 0 N–H and O–H groups in total. The van der Waals surface area contributed by atoms with Crippen molar-refractivity contribution in [3.8, 4) is 0 Å². The van der Waals surface area contributed by atoms with E-state index < -0.39 is 0 Å². The van der Waals surface area contributed by atoms with Crippen LogP contribution in [-0.2, 0) is 0 Å². The molecule has 2 saturated heterocycles. The number of hydrogen-bond donors (Lipinski definition) is 0. The van der Waals surface area contributed by atoms with E-state index in [-0.39, 0.29) is 11.7 Å². The van der Waals surface area contributed by atoms with Crippen molar-refractivity contribution < 1.29 is 9.18 Å². The summed E-state index contributed by atoms with van der Waals surface area (Å²) in [5, 5.41) is 0.938. The molecule has 2 aliphatic heterocycles. The first-order chi connectivity index (χ1) is 15.6. The molecule has 5 rings (SSSR count). The van der Waals surface area contributed by atoms with Crippen LogP contribution in [0.15, 0.2) is 54.7 Å². The van der Waals surface area contributed by atoms with E-state index in [0.717, 1.165) is 79.8 Å². The van der Waals surface area contributed by atoms with Gasteiger partial charge in [-0.25, -0.2) is 4.39 Å². The van der Waals surface area contributed by atoms with Crippen LogP contribution in [0.2, 0.25) is 0 Å². The van der Waals surface area contributed by atoms with Gasteiger partial charge in [0, 0.05) is 62.6 Å². The number of carbonyl (C=O) groups excluding carboxylic acids is 1. The highest BCUT2D eigenvalue weighted by Gasteiger charge is 2.31. The van der Waals surface area contributed by atoms with E-state index in [0.29, 0.717) is 6.04 Å². The number of halogens is 1. The lowest BCUT2D eigenvalue weighted by molar-refractivity contribution is 0.0565. The van der Waals surface area contributed by atoms with Crippen molar-refractivity contribution in [3.63, 3.8) is 0 Å². The first-order valence-electron chi connectivity index (χ1n) is 11.5. The second kappa shape index (κ2) is 8.87. The number of piperazine rings is 1. The topological polar surface area (TPSA) is 39.7 Å². The first kappa shape index (κ1) is 20.9. The molecule has 1 unspecified atom stereocenters. The Balaban J connectivity index is 1.26. The molecule has 32 heavy (non-hydrogen) atoms. The Hall–Kier alpha value is -2.99. The number of aromatic nitrogens is 1. The van der Waals surface area contributed by atoms with Gasteiger partial charge in [-0.3, -0.25) is 14.7 Å². The number of rotatable bonds is 3. The van der Waals surface area contributed by atoms with Crippen molar-refractivity contribution in [1.82, 2.24) is 14.8 Å². The van der Waals surface area contributed by atoms with Gasteiger partial charge in [0.25, 0.3) is 5.91 Å². The Kier molecular flexibility index (Phi) is 5.79. The number of piperidine rings is 1. The van der Waals surface area contributed by atoms with E-state index >= 15 is 0 Å². The van der Waals surface area contributed by atoms with Crippen LogP contribution >= 0.6 is 0 Å². The number of carbonyl (C=O) groups is 1. The highest BCUT2D eigenvalue weighted by molar-refractivity contribution is 6.06. The molecule has 5 nitrogen and oxygen atoms in total. The van der Waals surface area contributed by atoms with Gasteiger partial charge in [-0.1, -0.05) is 11.6 Å². The normalized spacial score (nSPS) is 20.0. The molecule has 0 aliphatic carbocycles. The molecular weight excluding hydrogens is 403 g/mol. The second-order valence-corrected chi connectivity index (χ2v) is 8.93. The summed E-state index contributed by atoms with van der Waals surface area (Å²) in [6.07, 6.45) is 3.88. The lowest BCUT2D eigenvalue weighted by Crippen LogP contribution is -2.55. The van der Waals surface area contributed by atoms with Gasteiger partial charge < -0.3 is 9.80 Å². The number of amides is 1. The number of aryl methyl sites for hydroxylation is 1. The Bertz CT molecular complexity index is 1110. The Labute approximate surface area is 188 Å². The number of nitrogens with zero attached hydrogens (tertiary/aromatic N) is 4. The van der Waals surface area contributed by atoms with Crippen LogP contribution in [0.25, 0.3) is 10.9 Å². The highest BCUT2D eigenvalue weighted by atomic mass is 19.1. The van der Waals surface area contributed by atoms with Gasteiger partial charge in [0.05, 0.1) is 11.1 Å². The maximum absolute atomic E-state index is 13.5. The zero-order valence-corrected chi connectivity index (χ0v) is 18.5. The highest BCUT2D eigenvalue weighted by Crippen LogP contribution is 2.24. The van der Waals surface area contributed by atoms with Crippen LogP contribution in [-0.4, -0.2) is 66.0 Å².